The summed E-state index contributed by atoms with van der Waals surface area (Å²) < 4.78 is 44.6. The van der Waals surface area contributed by atoms with Gasteiger partial charge in [-0.25, -0.2) is 4.79 Å². The van der Waals surface area contributed by atoms with Gasteiger partial charge in [0.25, 0.3) is 0 Å². The molecule has 4 aliphatic heterocycles. The number of ether oxygens (including phenoxy) is 7. The van der Waals surface area contributed by atoms with Crippen molar-refractivity contribution in [2.24, 2.45) is 23.7 Å². The Bertz CT molecular complexity index is 1290. The molecule has 2 bridgehead atoms. The third-order valence-electron chi connectivity index (χ3n) is 11.4. The summed E-state index contributed by atoms with van der Waals surface area (Å²) in [6.07, 6.45) is -3.83. The topological polar surface area (TPSA) is 139 Å². The molecule has 4 saturated heterocycles. The van der Waals surface area contributed by atoms with Gasteiger partial charge in [-0.1, -0.05) is 34.3 Å². The number of hydrogen-bond acceptors (Lipinski definition) is 12. The largest absolute Gasteiger partial charge is 0.458 e. The standard InChI is InChI=1S/C37H60N2O11/c1-14-27-37(10)31(39(13)35(43)50-37)22(5)28(41)20(3)16-36(9)32(23(6)29(24(7)33(42)48-27)44-17-19(2)18-45-36)49-34-30(47-25(8)40)26(38(11)12)15-21(4)46-34/h20-24,26-27,29-32,34H,2,14-18H2,1,3-13H3/t20-,21-,22+,23-,24-,26+,27-,29-,30-,31+,32-,34+,36+,37-/m1/s1. The van der Waals surface area contributed by atoms with E-state index in [2.05, 4.69) is 6.58 Å². The van der Waals surface area contributed by atoms with Crippen LogP contribution < -0.4 is 0 Å². The van der Waals surface area contributed by atoms with Crippen LogP contribution in [0.4, 0.5) is 4.79 Å². The zero-order chi connectivity index (χ0) is 37.5. The van der Waals surface area contributed by atoms with Gasteiger partial charge in [0.15, 0.2) is 18.0 Å². The minimum absolute atomic E-state index is 0.103. The fraction of sp³-hybridized carbons (Fsp3) is 0.838. The number of amides is 1. The molecule has 0 aromatic rings. The highest BCUT2D eigenvalue weighted by atomic mass is 16.7. The van der Waals surface area contributed by atoms with Crippen molar-refractivity contribution in [3.05, 3.63) is 12.2 Å². The quantitative estimate of drug-likeness (QED) is 0.230. The van der Waals surface area contributed by atoms with Crippen LogP contribution in [0, 0.1) is 23.7 Å². The maximum absolute atomic E-state index is 14.5. The van der Waals surface area contributed by atoms with Crippen molar-refractivity contribution >= 4 is 23.8 Å². The molecular formula is C37H60N2O11. The fourth-order valence-corrected chi connectivity index (χ4v) is 8.84. The summed E-state index contributed by atoms with van der Waals surface area (Å²) in [5, 5.41) is 0. The predicted octanol–water partition coefficient (Wildman–Crippen LogP) is 4.15. The highest BCUT2D eigenvalue weighted by molar-refractivity contribution is 5.85. The SMILES string of the molecule is C=C1CO[C@@H]2[C@@H](C)[C@@H](O[C@@H]3O[C@H](C)C[C@H](N(C)C)[C@H]3OC(C)=O)[C@](C)(C[C@@H](C)C(=O)[C@H](C)[C@@H]3N(C)C(=O)O[C@]3(C)[C@@H](CC)OC(=O)[C@@H]2C)OC1. The second-order valence-electron chi connectivity index (χ2n) is 15.7. The number of carbonyl (C=O) groups is 4. The summed E-state index contributed by atoms with van der Waals surface area (Å²) in [5.74, 6) is -3.70. The third kappa shape index (κ3) is 7.91. The van der Waals surface area contributed by atoms with Crippen LogP contribution in [0.15, 0.2) is 12.2 Å². The predicted molar refractivity (Wildman–Crippen MR) is 183 cm³/mol. The Balaban J connectivity index is 1.88. The van der Waals surface area contributed by atoms with E-state index in [1.165, 1.54) is 11.8 Å². The first-order valence-electron chi connectivity index (χ1n) is 18.0. The number of nitrogens with zero attached hydrogens (tertiary/aromatic N) is 2. The average Bonchev–Trinajstić information content (AvgIpc) is 3.29. The van der Waals surface area contributed by atoms with Crippen LogP contribution in [0.2, 0.25) is 0 Å². The van der Waals surface area contributed by atoms with E-state index in [0.29, 0.717) is 18.4 Å². The second-order valence-corrected chi connectivity index (χ2v) is 15.7. The molecule has 4 fully saturated rings. The molecule has 0 saturated carbocycles. The van der Waals surface area contributed by atoms with Gasteiger partial charge in [-0.3, -0.25) is 14.4 Å². The van der Waals surface area contributed by atoms with Gasteiger partial charge in [-0.15, -0.1) is 0 Å². The number of esters is 2. The molecule has 13 nitrogen and oxygen atoms in total. The van der Waals surface area contributed by atoms with Crippen molar-refractivity contribution < 1.29 is 52.3 Å². The fourth-order valence-electron chi connectivity index (χ4n) is 8.84. The zero-order valence-corrected chi connectivity index (χ0v) is 32.1. The minimum atomic E-state index is -1.28. The number of Topliss-reactive ketones (excluding diaryl/α,β-unsaturated/α-hetero) is 1. The third-order valence-corrected chi connectivity index (χ3v) is 11.4. The second kappa shape index (κ2) is 15.6. The van der Waals surface area contributed by atoms with Crippen molar-refractivity contribution in [1.29, 1.82) is 0 Å². The molecule has 0 N–H and O–H groups in total. The molecule has 4 heterocycles. The van der Waals surface area contributed by atoms with Gasteiger partial charge in [0.1, 0.15) is 11.9 Å². The van der Waals surface area contributed by atoms with Crippen LogP contribution in [0.3, 0.4) is 0 Å². The smallest absolute Gasteiger partial charge is 0.410 e. The summed E-state index contributed by atoms with van der Waals surface area (Å²) >= 11 is 0. The van der Waals surface area contributed by atoms with Gasteiger partial charge in [0.2, 0.25) is 0 Å². The normalized spacial score (nSPS) is 43.7. The van der Waals surface area contributed by atoms with Crippen molar-refractivity contribution in [1.82, 2.24) is 9.80 Å². The maximum Gasteiger partial charge on any atom is 0.410 e. The Morgan fingerprint density at radius 1 is 1.06 bits per heavy atom. The highest BCUT2D eigenvalue weighted by Gasteiger charge is 2.60. The van der Waals surface area contributed by atoms with Crippen molar-refractivity contribution in [3.63, 3.8) is 0 Å². The number of hydrogen-bond donors (Lipinski definition) is 0. The minimum Gasteiger partial charge on any atom is -0.458 e. The van der Waals surface area contributed by atoms with Crippen LogP contribution in [-0.2, 0) is 47.5 Å². The van der Waals surface area contributed by atoms with E-state index in [0.717, 1.165) is 0 Å². The summed E-state index contributed by atoms with van der Waals surface area (Å²) in [5.41, 5.74) is -1.78. The van der Waals surface area contributed by atoms with E-state index in [1.54, 1.807) is 27.8 Å². The van der Waals surface area contributed by atoms with E-state index in [9.17, 15) is 19.2 Å². The van der Waals surface area contributed by atoms with Gasteiger partial charge in [-0.2, -0.15) is 0 Å². The lowest BCUT2D eigenvalue weighted by molar-refractivity contribution is -0.304. The van der Waals surface area contributed by atoms with Crippen LogP contribution in [0.5, 0.6) is 0 Å². The lowest BCUT2D eigenvalue weighted by Crippen LogP contribution is -2.61. The van der Waals surface area contributed by atoms with Gasteiger partial charge < -0.3 is 43.0 Å². The first kappa shape index (κ1) is 40.2. The molecule has 0 aliphatic carbocycles. The van der Waals surface area contributed by atoms with E-state index < -0.39 is 89.7 Å². The van der Waals surface area contributed by atoms with Crippen molar-refractivity contribution in [2.45, 2.75) is 142 Å². The lowest BCUT2D eigenvalue weighted by atomic mass is 9.73. The van der Waals surface area contributed by atoms with Crippen LogP contribution in [0.25, 0.3) is 0 Å². The molecule has 0 aromatic carbocycles. The van der Waals surface area contributed by atoms with Crippen molar-refractivity contribution in [2.75, 3.05) is 34.4 Å². The van der Waals surface area contributed by atoms with Gasteiger partial charge in [-0.05, 0) is 66.6 Å². The Hall–Kier alpha value is -2.58. The van der Waals surface area contributed by atoms with E-state index in [4.69, 9.17) is 33.2 Å². The Kier molecular flexibility index (Phi) is 12.5. The number of likely N-dealkylation sites (N-methyl/N-ethyl adjacent to an activating group) is 2. The monoisotopic (exact) mass is 708 g/mol. The summed E-state index contributed by atoms with van der Waals surface area (Å²) in [6.45, 7) is 20.5. The van der Waals surface area contributed by atoms with E-state index in [1.807, 2.05) is 53.6 Å². The molecule has 0 aromatic heterocycles. The Morgan fingerprint density at radius 3 is 2.32 bits per heavy atom. The summed E-state index contributed by atoms with van der Waals surface area (Å²) in [4.78, 5) is 57.5. The number of fused-ring (bicyclic) bond motifs is 4. The molecular weight excluding hydrogens is 648 g/mol. The summed E-state index contributed by atoms with van der Waals surface area (Å²) in [7, 11) is 5.44. The molecule has 50 heavy (non-hydrogen) atoms. The average molecular weight is 709 g/mol. The molecule has 0 spiro atoms. The van der Waals surface area contributed by atoms with Gasteiger partial charge >= 0.3 is 18.0 Å². The first-order valence-corrected chi connectivity index (χ1v) is 18.0. The molecule has 4 rings (SSSR count). The van der Waals surface area contributed by atoms with Crippen LogP contribution in [0.1, 0.15) is 81.6 Å². The molecule has 1 amide bonds. The summed E-state index contributed by atoms with van der Waals surface area (Å²) in [6, 6.07) is -0.911. The van der Waals surface area contributed by atoms with E-state index in [-0.39, 0.29) is 37.6 Å². The zero-order valence-electron chi connectivity index (χ0n) is 32.1. The van der Waals surface area contributed by atoms with Gasteiger partial charge in [0, 0.05) is 31.7 Å². The molecule has 0 unspecified atom stereocenters. The Morgan fingerprint density at radius 2 is 1.72 bits per heavy atom. The molecule has 14 atom stereocenters. The molecule has 13 heteroatoms. The number of ketones is 1. The first-order chi connectivity index (χ1) is 23.2. The molecule has 284 valence electrons. The molecule has 0 radical (unpaired) electrons. The van der Waals surface area contributed by atoms with Crippen LogP contribution in [-0.4, -0.2) is 128 Å². The number of carbonyl (C=O) groups excluding carboxylic acids is 4. The number of cyclic esters (lactones) is 1. The Labute approximate surface area is 297 Å². The highest BCUT2D eigenvalue weighted by Crippen LogP contribution is 2.44. The number of rotatable bonds is 5. The van der Waals surface area contributed by atoms with Crippen LogP contribution >= 0.6 is 0 Å². The lowest BCUT2D eigenvalue weighted by Gasteiger charge is -2.49. The maximum atomic E-state index is 14.5. The van der Waals surface area contributed by atoms with Crippen molar-refractivity contribution in [3.8, 4) is 0 Å². The molecule has 4 aliphatic rings. The van der Waals surface area contributed by atoms with E-state index >= 15 is 0 Å². The van der Waals surface area contributed by atoms with Gasteiger partial charge in [0.05, 0.1) is 55.1 Å².